The summed E-state index contributed by atoms with van der Waals surface area (Å²) in [5, 5.41) is 3.81. The van der Waals surface area contributed by atoms with Crippen molar-refractivity contribution in [3.05, 3.63) is 0 Å². The fourth-order valence-corrected chi connectivity index (χ4v) is 3.71. The molecular formula is C18H38N2. The summed E-state index contributed by atoms with van der Waals surface area (Å²) in [5.74, 6) is 0.814. The summed E-state index contributed by atoms with van der Waals surface area (Å²) in [6.45, 7) is 14.3. The first-order valence-electron chi connectivity index (χ1n) is 8.83. The van der Waals surface area contributed by atoms with E-state index in [0.717, 1.165) is 18.0 Å². The summed E-state index contributed by atoms with van der Waals surface area (Å²) in [6, 6.07) is 1.45. The van der Waals surface area contributed by atoms with Crippen LogP contribution in [0.4, 0.5) is 0 Å². The maximum absolute atomic E-state index is 3.81. The molecule has 0 radical (unpaired) electrons. The topological polar surface area (TPSA) is 15.3 Å². The van der Waals surface area contributed by atoms with Crippen molar-refractivity contribution >= 4 is 0 Å². The molecule has 1 aliphatic rings. The smallest absolute Gasteiger partial charge is 0.0108 e. The third-order valence-electron chi connectivity index (χ3n) is 5.15. The molecular weight excluding hydrogens is 244 g/mol. The average molecular weight is 283 g/mol. The molecule has 0 heterocycles. The number of hydrogen-bond acceptors (Lipinski definition) is 2. The second kappa shape index (κ2) is 8.38. The first-order chi connectivity index (χ1) is 9.39. The van der Waals surface area contributed by atoms with Crippen LogP contribution in [0.2, 0.25) is 0 Å². The Kier molecular flexibility index (Phi) is 7.53. The van der Waals surface area contributed by atoms with Gasteiger partial charge in [0, 0.05) is 18.6 Å². The molecule has 1 N–H and O–H groups in total. The van der Waals surface area contributed by atoms with Crippen LogP contribution in [0.15, 0.2) is 0 Å². The van der Waals surface area contributed by atoms with Gasteiger partial charge in [-0.15, -0.1) is 0 Å². The Morgan fingerprint density at radius 2 is 1.95 bits per heavy atom. The molecule has 1 fully saturated rings. The quantitative estimate of drug-likeness (QED) is 0.714. The van der Waals surface area contributed by atoms with E-state index in [1.165, 1.54) is 51.6 Å². The maximum atomic E-state index is 3.81. The first kappa shape index (κ1) is 18.0. The molecule has 0 aromatic heterocycles. The van der Waals surface area contributed by atoms with E-state index in [1.807, 2.05) is 0 Å². The van der Waals surface area contributed by atoms with Gasteiger partial charge in [-0.05, 0) is 64.0 Å². The highest BCUT2D eigenvalue weighted by molar-refractivity contribution is 4.90. The normalized spacial score (nSPS) is 27.8. The highest BCUT2D eigenvalue weighted by Crippen LogP contribution is 2.39. The second-order valence-electron chi connectivity index (χ2n) is 7.80. The molecule has 3 atom stereocenters. The van der Waals surface area contributed by atoms with Crippen LogP contribution in [0, 0.1) is 11.3 Å². The van der Waals surface area contributed by atoms with Crippen molar-refractivity contribution in [1.82, 2.24) is 10.2 Å². The predicted molar refractivity (Wildman–Crippen MR) is 90.2 cm³/mol. The van der Waals surface area contributed by atoms with Gasteiger partial charge in [0.25, 0.3) is 0 Å². The van der Waals surface area contributed by atoms with Gasteiger partial charge < -0.3 is 10.2 Å². The van der Waals surface area contributed by atoms with Gasteiger partial charge in [-0.3, -0.25) is 0 Å². The Morgan fingerprint density at radius 3 is 2.55 bits per heavy atom. The zero-order chi connectivity index (χ0) is 15.2. The van der Waals surface area contributed by atoms with Gasteiger partial charge in [-0.2, -0.15) is 0 Å². The molecule has 0 aliphatic heterocycles. The van der Waals surface area contributed by atoms with E-state index in [1.54, 1.807) is 0 Å². The standard InChI is InChI=1S/C18H38N2/c1-7-9-15(3)20(6)14-16-13-18(4,5)11-10-17(16)19-12-8-2/h15-17,19H,7-14H2,1-6H3. The Labute approximate surface area is 127 Å². The van der Waals surface area contributed by atoms with Gasteiger partial charge in [0.15, 0.2) is 0 Å². The van der Waals surface area contributed by atoms with Gasteiger partial charge in [0.2, 0.25) is 0 Å². The molecule has 2 heteroatoms. The highest BCUT2D eigenvalue weighted by atomic mass is 15.1. The number of nitrogens with one attached hydrogen (secondary N) is 1. The maximum Gasteiger partial charge on any atom is 0.0108 e. The van der Waals surface area contributed by atoms with Crippen LogP contribution in [0.25, 0.3) is 0 Å². The molecule has 0 spiro atoms. The van der Waals surface area contributed by atoms with E-state index in [4.69, 9.17) is 0 Å². The molecule has 20 heavy (non-hydrogen) atoms. The van der Waals surface area contributed by atoms with Crippen LogP contribution in [0.1, 0.15) is 73.1 Å². The van der Waals surface area contributed by atoms with Gasteiger partial charge in [-0.1, -0.05) is 34.1 Å². The van der Waals surface area contributed by atoms with E-state index >= 15 is 0 Å². The third-order valence-corrected chi connectivity index (χ3v) is 5.15. The summed E-state index contributed by atoms with van der Waals surface area (Å²) in [7, 11) is 2.32. The third kappa shape index (κ3) is 5.73. The summed E-state index contributed by atoms with van der Waals surface area (Å²) in [4.78, 5) is 2.59. The molecule has 0 aromatic rings. The van der Waals surface area contributed by atoms with Crippen LogP contribution >= 0.6 is 0 Å². The molecule has 3 unspecified atom stereocenters. The lowest BCUT2D eigenvalue weighted by Crippen LogP contribution is -2.48. The van der Waals surface area contributed by atoms with Crippen LogP contribution in [-0.4, -0.2) is 37.1 Å². The number of rotatable bonds is 8. The molecule has 1 aliphatic carbocycles. The number of nitrogens with zero attached hydrogens (tertiary/aromatic N) is 1. The van der Waals surface area contributed by atoms with Gasteiger partial charge in [0.05, 0.1) is 0 Å². The zero-order valence-electron chi connectivity index (χ0n) is 14.8. The Bertz CT molecular complexity index is 262. The predicted octanol–water partition coefficient (Wildman–Crippen LogP) is 4.30. The van der Waals surface area contributed by atoms with Crippen LogP contribution in [0.5, 0.6) is 0 Å². The summed E-state index contributed by atoms with van der Waals surface area (Å²) in [6.07, 6.45) is 7.96. The van der Waals surface area contributed by atoms with Crippen LogP contribution in [-0.2, 0) is 0 Å². The fraction of sp³-hybridized carbons (Fsp3) is 1.00. The SMILES string of the molecule is CCCNC1CCC(C)(C)CC1CN(C)C(C)CCC. The van der Waals surface area contributed by atoms with Crippen LogP contribution < -0.4 is 5.32 Å². The summed E-state index contributed by atoms with van der Waals surface area (Å²) in [5.41, 5.74) is 0.532. The van der Waals surface area contributed by atoms with E-state index in [0.29, 0.717) is 5.41 Å². The van der Waals surface area contributed by atoms with Gasteiger partial charge in [0.1, 0.15) is 0 Å². The van der Waals surface area contributed by atoms with Crippen molar-refractivity contribution in [2.75, 3.05) is 20.1 Å². The largest absolute Gasteiger partial charge is 0.314 e. The van der Waals surface area contributed by atoms with Crippen LogP contribution in [0.3, 0.4) is 0 Å². The minimum Gasteiger partial charge on any atom is -0.314 e. The van der Waals surface area contributed by atoms with Crippen molar-refractivity contribution in [3.8, 4) is 0 Å². The lowest BCUT2D eigenvalue weighted by Gasteiger charge is -2.43. The second-order valence-corrected chi connectivity index (χ2v) is 7.80. The minimum absolute atomic E-state index is 0.532. The number of hydrogen-bond donors (Lipinski definition) is 1. The Hall–Kier alpha value is -0.0800. The minimum atomic E-state index is 0.532. The average Bonchev–Trinajstić information content (AvgIpc) is 2.37. The van der Waals surface area contributed by atoms with Gasteiger partial charge >= 0.3 is 0 Å². The fourth-order valence-electron chi connectivity index (χ4n) is 3.71. The molecule has 0 amide bonds. The molecule has 0 saturated heterocycles. The lowest BCUT2D eigenvalue weighted by molar-refractivity contribution is 0.0949. The highest BCUT2D eigenvalue weighted by Gasteiger charge is 2.35. The molecule has 2 nitrogen and oxygen atoms in total. The summed E-state index contributed by atoms with van der Waals surface area (Å²) < 4.78 is 0. The summed E-state index contributed by atoms with van der Waals surface area (Å²) >= 11 is 0. The van der Waals surface area contributed by atoms with Crippen molar-refractivity contribution in [2.24, 2.45) is 11.3 Å². The van der Waals surface area contributed by atoms with Crippen molar-refractivity contribution in [1.29, 1.82) is 0 Å². The molecule has 120 valence electrons. The van der Waals surface area contributed by atoms with Gasteiger partial charge in [-0.25, -0.2) is 0 Å². The van der Waals surface area contributed by atoms with E-state index < -0.39 is 0 Å². The monoisotopic (exact) mass is 282 g/mol. The Balaban J connectivity index is 2.58. The lowest BCUT2D eigenvalue weighted by atomic mass is 9.69. The Morgan fingerprint density at radius 1 is 1.25 bits per heavy atom. The molecule has 0 bridgehead atoms. The zero-order valence-corrected chi connectivity index (χ0v) is 14.8. The first-order valence-corrected chi connectivity index (χ1v) is 8.83. The molecule has 1 rings (SSSR count). The van der Waals surface area contributed by atoms with E-state index in [-0.39, 0.29) is 0 Å². The van der Waals surface area contributed by atoms with E-state index in [2.05, 4.69) is 51.9 Å². The molecule has 1 saturated carbocycles. The van der Waals surface area contributed by atoms with Crippen molar-refractivity contribution in [3.63, 3.8) is 0 Å². The van der Waals surface area contributed by atoms with E-state index in [9.17, 15) is 0 Å². The van der Waals surface area contributed by atoms with Crippen molar-refractivity contribution < 1.29 is 0 Å². The molecule has 0 aromatic carbocycles. The van der Waals surface area contributed by atoms with Crippen molar-refractivity contribution in [2.45, 2.75) is 85.2 Å².